The SMILES string of the molecule is CC1CC(=O)NN=C1c1ccc(NC(=O)CSC(=S)N(C)C)cc1. The van der Waals surface area contributed by atoms with E-state index in [4.69, 9.17) is 12.2 Å². The Labute approximate surface area is 151 Å². The van der Waals surface area contributed by atoms with Gasteiger partial charge in [-0.25, -0.2) is 5.43 Å². The van der Waals surface area contributed by atoms with Crippen molar-refractivity contribution < 1.29 is 9.59 Å². The fraction of sp³-hybridized carbons (Fsp3) is 0.375. The number of nitrogens with zero attached hydrogens (tertiary/aromatic N) is 2. The van der Waals surface area contributed by atoms with Crippen molar-refractivity contribution in [2.24, 2.45) is 11.0 Å². The van der Waals surface area contributed by atoms with E-state index in [-0.39, 0.29) is 23.5 Å². The van der Waals surface area contributed by atoms with Gasteiger partial charge in [0.25, 0.3) is 0 Å². The number of hydrogen-bond donors (Lipinski definition) is 2. The maximum Gasteiger partial charge on any atom is 0.240 e. The molecule has 2 N–H and O–H groups in total. The summed E-state index contributed by atoms with van der Waals surface area (Å²) in [5.74, 6) is 0.174. The van der Waals surface area contributed by atoms with E-state index in [0.29, 0.717) is 16.4 Å². The Bertz CT molecular complexity index is 671. The monoisotopic (exact) mass is 364 g/mol. The number of nitrogens with one attached hydrogen (secondary N) is 2. The molecule has 1 aliphatic heterocycles. The summed E-state index contributed by atoms with van der Waals surface area (Å²) >= 11 is 6.46. The number of thiocarbonyl (C=S) groups is 1. The molecule has 24 heavy (non-hydrogen) atoms. The molecule has 1 unspecified atom stereocenters. The van der Waals surface area contributed by atoms with E-state index in [1.165, 1.54) is 11.8 Å². The van der Waals surface area contributed by atoms with Crippen molar-refractivity contribution in [3.8, 4) is 0 Å². The minimum absolute atomic E-state index is 0.0664. The Morgan fingerprint density at radius 3 is 2.67 bits per heavy atom. The summed E-state index contributed by atoms with van der Waals surface area (Å²) < 4.78 is 0.673. The summed E-state index contributed by atoms with van der Waals surface area (Å²) in [6, 6.07) is 7.43. The van der Waals surface area contributed by atoms with E-state index >= 15 is 0 Å². The van der Waals surface area contributed by atoms with Gasteiger partial charge in [0, 0.05) is 32.1 Å². The second-order valence-electron chi connectivity index (χ2n) is 5.71. The molecule has 0 aliphatic carbocycles. The molecule has 1 heterocycles. The van der Waals surface area contributed by atoms with Gasteiger partial charge in [-0.2, -0.15) is 5.10 Å². The number of hydrogen-bond acceptors (Lipinski definition) is 5. The number of hydrazone groups is 1. The summed E-state index contributed by atoms with van der Waals surface area (Å²) in [6.45, 7) is 1.97. The maximum atomic E-state index is 11.9. The van der Waals surface area contributed by atoms with Crippen LogP contribution in [0.3, 0.4) is 0 Å². The van der Waals surface area contributed by atoms with E-state index in [2.05, 4.69) is 15.8 Å². The quantitative estimate of drug-likeness (QED) is 0.800. The van der Waals surface area contributed by atoms with Crippen LogP contribution in [0.2, 0.25) is 0 Å². The van der Waals surface area contributed by atoms with Gasteiger partial charge in [-0.1, -0.05) is 43.0 Å². The molecular formula is C16H20N4O2S2. The predicted molar refractivity (Wildman–Crippen MR) is 102 cm³/mol. The van der Waals surface area contributed by atoms with Crippen LogP contribution in [0.15, 0.2) is 29.4 Å². The summed E-state index contributed by atoms with van der Waals surface area (Å²) in [7, 11) is 3.70. The molecule has 8 heteroatoms. The lowest BCUT2D eigenvalue weighted by molar-refractivity contribution is -0.122. The maximum absolute atomic E-state index is 11.9. The molecule has 0 spiro atoms. The molecule has 0 saturated heterocycles. The number of carbonyl (C=O) groups excluding carboxylic acids is 2. The zero-order valence-electron chi connectivity index (χ0n) is 13.8. The highest BCUT2D eigenvalue weighted by molar-refractivity contribution is 8.23. The van der Waals surface area contributed by atoms with Crippen LogP contribution in [0.25, 0.3) is 0 Å². The first-order chi connectivity index (χ1) is 11.4. The summed E-state index contributed by atoms with van der Waals surface area (Å²) in [5.41, 5.74) is 5.00. The molecule has 128 valence electrons. The molecule has 1 aromatic carbocycles. The van der Waals surface area contributed by atoms with Crippen LogP contribution >= 0.6 is 24.0 Å². The van der Waals surface area contributed by atoms with Crippen LogP contribution in [0, 0.1) is 5.92 Å². The fourth-order valence-corrected chi connectivity index (χ4v) is 2.94. The van der Waals surface area contributed by atoms with Gasteiger partial charge in [0.1, 0.15) is 4.32 Å². The molecule has 0 aromatic heterocycles. The molecule has 1 aliphatic rings. The zero-order chi connectivity index (χ0) is 17.7. The zero-order valence-corrected chi connectivity index (χ0v) is 15.5. The van der Waals surface area contributed by atoms with Gasteiger partial charge in [-0.05, 0) is 17.7 Å². The van der Waals surface area contributed by atoms with E-state index in [1.54, 1.807) is 4.90 Å². The lowest BCUT2D eigenvalue weighted by atomic mass is 9.94. The van der Waals surface area contributed by atoms with E-state index in [0.717, 1.165) is 11.3 Å². The summed E-state index contributed by atoms with van der Waals surface area (Å²) in [4.78, 5) is 25.0. The molecule has 2 rings (SSSR count). The Balaban J connectivity index is 1.94. The van der Waals surface area contributed by atoms with Crippen LogP contribution < -0.4 is 10.7 Å². The highest BCUT2D eigenvalue weighted by Crippen LogP contribution is 2.18. The number of rotatable bonds is 4. The minimum Gasteiger partial charge on any atom is -0.364 e. The Kier molecular flexibility index (Phi) is 6.33. The van der Waals surface area contributed by atoms with Crippen molar-refractivity contribution >= 4 is 51.5 Å². The normalized spacial score (nSPS) is 16.9. The van der Waals surface area contributed by atoms with Crippen molar-refractivity contribution in [2.45, 2.75) is 13.3 Å². The highest BCUT2D eigenvalue weighted by atomic mass is 32.2. The number of benzene rings is 1. The third-order valence-corrected chi connectivity index (χ3v) is 5.15. The largest absolute Gasteiger partial charge is 0.364 e. The number of carbonyl (C=O) groups is 2. The van der Waals surface area contributed by atoms with Crippen molar-refractivity contribution in [1.82, 2.24) is 10.3 Å². The predicted octanol–water partition coefficient (Wildman–Crippen LogP) is 2.06. The average molecular weight is 364 g/mol. The molecule has 0 radical (unpaired) electrons. The van der Waals surface area contributed by atoms with E-state index in [1.807, 2.05) is 45.3 Å². The third kappa shape index (κ3) is 5.04. The first-order valence-corrected chi connectivity index (χ1v) is 8.87. The van der Waals surface area contributed by atoms with Crippen LogP contribution in [0.4, 0.5) is 5.69 Å². The van der Waals surface area contributed by atoms with Gasteiger partial charge in [0.15, 0.2) is 0 Å². The lowest BCUT2D eigenvalue weighted by Crippen LogP contribution is -2.31. The minimum atomic E-state index is -0.104. The Morgan fingerprint density at radius 2 is 2.08 bits per heavy atom. The second-order valence-corrected chi connectivity index (χ2v) is 7.32. The van der Waals surface area contributed by atoms with E-state index < -0.39 is 0 Å². The van der Waals surface area contributed by atoms with Crippen LogP contribution in [0.1, 0.15) is 18.9 Å². The second kappa shape index (κ2) is 8.25. The van der Waals surface area contributed by atoms with Gasteiger partial charge in [-0.15, -0.1) is 0 Å². The van der Waals surface area contributed by atoms with Crippen LogP contribution in [-0.4, -0.2) is 46.6 Å². The smallest absolute Gasteiger partial charge is 0.240 e. The van der Waals surface area contributed by atoms with Gasteiger partial charge < -0.3 is 10.2 Å². The number of amides is 2. The topological polar surface area (TPSA) is 73.8 Å². The van der Waals surface area contributed by atoms with Crippen molar-refractivity contribution in [2.75, 3.05) is 25.2 Å². The first-order valence-electron chi connectivity index (χ1n) is 7.47. The lowest BCUT2D eigenvalue weighted by Gasteiger charge is -2.19. The fourth-order valence-electron chi connectivity index (χ4n) is 2.18. The van der Waals surface area contributed by atoms with Gasteiger partial charge >= 0.3 is 0 Å². The molecule has 2 amide bonds. The van der Waals surface area contributed by atoms with Gasteiger partial charge in [-0.3, -0.25) is 9.59 Å². The third-order valence-electron chi connectivity index (χ3n) is 3.42. The number of anilines is 1. The molecule has 0 bridgehead atoms. The standard InChI is InChI=1S/C16H20N4O2S2/c1-10-8-13(21)18-19-15(10)11-4-6-12(7-5-11)17-14(22)9-24-16(23)20(2)3/h4-7,10H,8-9H2,1-3H3,(H,17,22)(H,18,21). The Morgan fingerprint density at radius 1 is 1.42 bits per heavy atom. The summed E-state index contributed by atoms with van der Waals surface area (Å²) in [5, 5.41) is 6.96. The van der Waals surface area contributed by atoms with Crippen molar-refractivity contribution in [1.29, 1.82) is 0 Å². The molecule has 1 aromatic rings. The molecular weight excluding hydrogens is 344 g/mol. The molecule has 0 saturated carbocycles. The number of thioether (sulfide) groups is 1. The summed E-state index contributed by atoms with van der Waals surface area (Å²) in [6.07, 6.45) is 0.431. The van der Waals surface area contributed by atoms with Crippen molar-refractivity contribution in [3.63, 3.8) is 0 Å². The average Bonchev–Trinajstić information content (AvgIpc) is 2.53. The Hall–Kier alpha value is -1.93. The van der Waals surface area contributed by atoms with Crippen LogP contribution in [0.5, 0.6) is 0 Å². The van der Waals surface area contributed by atoms with Crippen molar-refractivity contribution in [3.05, 3.63) is 29.8 Å². The van der Waals surface area contributed by atoms with Crippen LogP contribution in [-0.2, 0) is 9.59 Å². The molecule has 1 atom stereocenters. The van der Waals surface area contributed by atoms with Gasteiger partial charge in [0.05, 0.1) is 11.5 Å². The highest BCUT2D eigenvalue weighted by Gasteiger charge is 2.21. The van der Waals surface area contributed by atoms with Gasteiger partial charge in [0.2, 0.25) is 11.8 Å². The first kappa shape index (κ1) is 18.4. The molecule has 6 nitrogen and oxygen atoms in total. The van der Waals surface area contributed by atoms with E-state index in [9.17, 15) is 9.59 Å². The molecule has 0 fully saturated rings.